The molecule has 0 amide bonds. The molecule has 0 aliphatic carbocycles. The molecule has 4 rings (SSSR count). The van der Waals surface area contributed by atoms with Crippen LogP contribution in [0.25, 0.3) is 22.4 Å². The van der Waals surface area contributed by atoms with Crippen molar-refractivity contribution in [2.45, 2.75) is 13.3 Å². The topological polar surface area (TPSA) is 28.7 Å². The van der Waals surface area contributed by atoms with Crippen molar-refractivity contribution in [3.8, 4) is 11.4 Å². The highest BCUT2D eigenvalue weighted by atomic mass is 79.9. The first-order valence-electron chi connectivity index (χ1n) is 8.08. The van der Waals surface area contributed by atoms with Crippen LogP contribution < -0.4 is 0 Å². The van der Waals surface area contributed by atoms with Gasteiger partial charge in [0.25, 0.3) is 0 Å². The maximum absolute atomic E-state index is 5.94. The Morgan fingerprint density at radius 3 is 2.28 bits per heavy atom. The zero-order valence-electron chi connectivity index (χ0n) is 13.7. The molecule has 0 atom stereocenters. The van der Waals surface area contributed by atoms with E-state index in [9.17, 15) is 0 Å². The molecule has 4 aromatic rings. The van der Waals surface area contributed by atoms with E-state index in [4.69, 9.17) is 16.6 Å². The lowest BCUT2D eigenvalue weighted by molar-refractivity contribution is 1.19. The van der Waals surface area contributed by atoms with Crippen LogP contribution in [-0.4, -0.2) is 9.97 Å². The third-order valence-corrected chi connectivity index (χ3v) is 5.09. The van der Waals surface area contributed by atoms with E-state index in [1.807, 2.05) is 12.1 Å². The predicted molar refractivity (Wildman–Crippen MR) is 108 cm³/mol. The number of nitrogens with one attached hydrogen (secondary N) is 1. The van der Waals surface area contributed by atoms with Crippen molar-refractivity contribution in [3.05, 3.63) is 86.8 Å². The fraction of sp³-hybridized carbons (Fsp3) is 0.0952. The van der Waals surface area contributed by atoms with E-state index in [0.29, 0.717) is 0 Å². The van der Waals surface area contributed by atoms with Gasteiger partial charge in [-0.15, -0.1) is 0 Å². The van der Waals surface area contributed by atoms with Crippen LogP contribution in [0.1, 0.15) is 16.7 Å². The molecular weight excluding hydrogens is 396 g/mol. The van der Waals surface area contributed by atoms with Crippen LogP contribution in [-0.2, 0) is 6.42 Å². The number of rotatable bonds is 3. The van der Waals surface area contributed by atoms with E-state index < -0.39 is 0 Å². The Morgan fingerprint density at radius 1 is 0.960 bits per heavy atom. The van der Waals surface area contributed by atoms with E-state index in [2.05, 4.69) is 76.4 Å². The quantitative estimate of drug-likeness (QED) is 0.407. The second-order valence-corrected chi connectivity index (χ2v) is 7.52. The summed E-state index contributed by atoms with van der Waals surface area (Å²) in [7, 11) is 0. The summed E-state index contributed by atoms with van der Waals surface area (Å²) in [5.41, 5.74) is 6.81. The average molecular weight is 412 g/mol. The molecule has 0 saturated heterocycles. The molecule has 1 aromatic heterocycles. The third kappa shape index (κ3) is 3.48. The molecule has 0 unspecified atom stereocenters. The van der Waals surface area contributed by atoms with Gasteiger partial charge in [-0.05, 0) is 70.2 Å². The van der Waals surface area contributed by atoms with Crippen molar-refractivity contribution >= 4 is 38.6 Å². The number of hydrogen-bond acceptors (Lipinski definition) is 1. The number of hydrogen-bond donors (Lipinski definition) is 1. The third-order valence-electron chi connectivity index (χ3n) is 4.23. The van der Waals surface area contributed by atoms with Crippen LogP contribution >= 0.6 is 27.5 Å². The Morgan fingerprint density at radius 2 is 1.60 bits per heavy atom. The minimum absolute atomic E-state index is 0.769. The van der Waals surface area contributed by atoms with Gasteiger partial charge in [0, 0.05) is 15.1 Å². The summed E-state index contributed by atoms with van der Waals surface area (Å²) in [4.78, 5) is 8.14. The van der Waals surface area contributed by atoms with Crippen LogP contribution in [0, 0.1) is 6.92 Å². The number of benzene rings is 3. The zero-order chi connectivity index (χ0) is 17.4. The Labute approximate surface area is 160 Å². The summed E-state index contributed by atoms with van der Waals surface area (Å²) in [5, 5.41) is 0.769. The molecule has 3 aromatic carbocycles. The summed E-state index contributed by atoms with van der Waals surface area (Å²) < 4.78 is 1.02. The van der Waals surface area contributed by atoms with Crippen LogP contribution in [0.2, 0.25) is 5.02 Å². The molecule has 0 radical (unpaired) electrons. The largest absolute Gasteiger partial charge is 0.338 e. The number of aryl methyl sites for hydroxylation is 1. The number of aromatic nitrogens is 2. The first-order chi connectivity index (χ1) is 12.1. The van der Waals surface area contributed by atoms with E-state index in [1.165, 1.54) is 16.7 Å². The number of imidazole rings is 1. The van der Waals surface area contributed by atoms with Gasteiger partial charge in [0.15, 0.2) is 0 Å². The van der Waals surface area contributed by atoms with Gasteiger partial charge in [0.05, 0.1) is 5.52 Å². The number of nitrogens with zero attached hydrogens (tertiary/aromatic N) is 1. The van der Waals surface area contributed by atoms with Gasteiger partial charge in [0.2, 0.25) is 0 Å². The molecule has 0 spiro atoms. The van der Waals surface area contributed by atoms with Crippen LogP contribution in [0.4, 0.5) is 0 Å². The van der Waals surface area contributed by atoms with Crippen molar-refractivity contribution in [1.29, 1.82) is 0 Å². The zero-order valence-corrected chi connectivity index (χ0v) is 16.0. The highest BCUT2D eigenvalue weighted by Crippen LogP contribution is 2.27. The lowest BCUT2D eigenvalue weighted by atomic mass is 10.0. The van der Waals surface area contributed by atoms with Gasteiger partial charge in [0.1, 0.15) is 11.3 Å². The highest BCUT2D eigenvalue weighted by Gasteiger charge is 2.09. The van der Waals surface area contributed by atoms with E-state index in [0.717, 1.165) is 38.3 Å². The van der Waals surface area contributed by atoms with Gasteiger partial charge in [-0.25, -0.2) is 4.98 Å². The van der Waals surface area contributed by atoms with Gasteiger partial charge in [-0.2, -0.15) is 0 Å². The molecule has 1 heterocycles. The number of H-pyrrole nitrogens is 1. The smallest absolute Gasteiger partial charge is 0.138 e. The fourth-order valence-corrected chi connectivity index (χ4v) is 3.76. The summed E-state index contributed by atoms with van der Waals surface area (Å²) in [6, 6.07) is 20.7. The standard InChI is InChI=1S/C21H16BrClN2/c1-13-10-18(22)20-19(11-13)24-21(25-20)16-6-2-14(3-7-16)12-15-4-8-17(23)9-5-15/h2-11H,12H2,1H3,(H,24,25). The molecular formula is C21H16BrClN2. The summed E-state index contributed by atoms with van der Waals surface area (Å²) in [5.74, 6) is 0.888. The number of fused-ring (bicyclic) bond motifs is 1. The van der Waals surface area contributed by atoms with E-state index in [1.54, 1.807) is 0 Å². The normalized spacial score (nSPS) is 11.2. The first-order valence-corrected chi connectivity index (χ1v) is 9.25. The monoisotopic (exact) mass is 410 g/mol. The molecule has 0 aliphatic rings. The van der Waals surface area contributed by atoms with Crippen molar-refractivity contribution in [2.75, 3.05) is 0 Å². The molecule has 2 nitrogen and oxygen atoms in total. The molecule has 0 fully saturated rings. The molecule has 0 saturated carbocycles. The van der Waals surface area contributed by atoms with E-state index in [-0.39, 0.29) is 0 Å². The highest BCUT2D eigenvalue weighted by molar-refractivity contribution is 9.10. The Hall–Kier alpha value is -2.10. The fourth-order valence-electron chi connectivity index (χ4n) is 2.97. The van der Waals surface area contributed by atoms with E-state index >= 15 is 0 Å². The molecule has 25 heavy (non-hydrogen) atoms. The van der Waals surface area contributed by atoms with Crippen LogP contribution in [0.3, 0.4) is 0 Å². The molecule has 124 valence electrons. The summed E-state index contributed by atoms with van der Waals surface area (Å²) in [6.07, 6.45) is 0.891. The Bertz CT molecular complexity index is 1030. The summed E-state index contributed by atoms with van der Waals surface area (Å²) >= 11 is 9.54. The van der Waals surface area contributed by atoms with Crippen molar-refractivity contribution in [3.63, 3.8) is 0 Å². The molecule has 1 N–H and O–H groups in total. The predicted octanol–water partition coefficient (Wildman–Crippen LogP) is 6.55. The Kier molecular flexibility index (Phi) is 4.36. The average Bonchev–Trinajstić information content (AvgIpc) is 3.02. The maximum Gasteiger partial charge on any atom is 0.138 e. The second kappa shape index (κ2) is 6.66. The van der Waals surface area contributed by atoms with Crippen LogP contribution in [0.15, 0.2) is 65.1 Å². The number of halogens is 2. The van der Waals surface area contributed by atoms with Crippen molar-refractivity contribution in [2.24, 2.45) is 0 Å². The molecule has 4 heteroatoms. The minimum Gasteiger partial charge on any atom is -0.338 e. The second-order valence-electron chi connectivity index (χ2n) is 6.23. The number of aromatic amines is 1. The molecule has 0 bridgehead atoms. The lowest BCUT2D eigenvalue weighted by Gasteiger charge is -2.03. The molecule has 0 aliphatic heterocycles. The van der Waals surface area contributed by atoms with Gasteiger partial charge < -0.3 is 4.98 Å². The summed E-state index contributed by atoms with van der Waals surface area (Å²) in [6.45, 7) is 2.08. The van der Waals surface area contributed by atoms with Gasteiger partial charge in [-0.1, -0.05) is 48.0 Å². The minimum atomic E-state index is 0.769. The van der Waals surface area contributed by atoms with Crippen molar-refractivity contribution < 1.29 is 0 Å². The first kappa shape index (κ1) is 16.4. The van der Waals surface area contributed by atoms with Gasteiger partial charge >= 0.3 is 0 Å². The SMILES string of the molecule is Cc1cc(Br)c2nc(-c3ccc(Cc4ccc(Cl)cc4)cc3)[nH]c2c1. The Balaban J connectivity index is 1.61. The van der Waals surface area contributed by atoms with Crippen molar-refractivity contribution in [1.82, 2.24) is 9.97 Å². The maximum atomic E-state index is 5.94. The lowest BCUT2D eigenvalue weighted by Crippen LogP contribution is -1.88. The van der Waals surface area contributed by atoms with Crippen LogP contribution in [0.5, 0.6) is 0 Å². The van der Waals surface area contributed by atoms with Gasteiger partial charge in [-0.3, -0.25) is 0 Å².